The number of aromatic nitrogens is 1. The van der Waals surface area contributed by atoms with E-state index < -0.39 is 5.82 Å². The number of carbonyl (C=O) groups excluding carboxylic acids is 3. The van der Waals surface area contributed by atoms with Gasteiger partial charge in [0.2, 0.25) is 5.91 Å². The van der Waals surface area contributed by atoms with Crippen molar-refractivity contribution in [3.8, 4) is 0 Å². The van der Waals surface area contributed by atoms with E-state index in [2.05, 4.69) is 21.2 Å². The van der Waals surface area contributed by atoms with Crippen LogP contribution < -0.4 is 16.2 Å². The van der Waals surface area contributed by atoms with Crippen molar-refractivity contribution in [1.82, 2.24) is 31.0 Å². The minimum Gasteiger partial charge on any atom is -0.337 e. The predicted octanol–water partition coefficient (Wildman–Crippen LogP) is 1.18. The normalized spacial score (nSPS) is 24.9. The molecule has 2 aromatic rings. The van der Waals surface area contributed by atoms with Crippen molar-refractivity contribution >= 4 is 29.1 Å². The minimum absolute atomic E-state index is 0.00288. The molecule has 3 aliphatic heterocycles. The Kier molecular flexibility index (Phi) is 7.07. The molecule has 3 unspecified atom stereocenters. The average molecular weight is 501 g/mol. The fraction of sp³-hybridized carbons (Fsp3) is 0.500. The first kappa shape index (κ1) is 23.8. The lowest BCUT2D eigenvalue weighted by Crippen LogP contribution is -2.67. The zero-order valence-corrected chi connectivity index (χ0v) is 20.2. The van der Waals surface area contributed by atoms with Gasteiger partial charge in [-0.1, -0.05) is 6.07 Å². The molecule has 11 heteroatoms. The number of thiazole rings is 1. The van der Waals surface area contributed by atoms with Gasteiger partial charge in [-0.3, -0.25) is 19.8 Å². The van der Waals surface area contributed by atoms with Crippen LogP contribution in [-0.4, -0.2) is 77.3 Å². The Balaban J connectivity index is 1.26. The van der Waals surface area contributed by atoms with Gasteiger partial charge in [-0.05, 0) is 49.9 Å². The van der Waals surface area contributed by atoms with E-state index in [1.165, 1.54) is 17.4 Å². The molecular weight excluding hydrogens is 471 g/mol. The summed E-state index contributed by atoms with van der Waals surface area (Å²) in [5.74, 6) is -1.17. The number of carbonyl (C=O) groups is 3. The maximum absolute atomic E-state index is 14.8. The average Bonchev–Trinajstić information content (AvgIpc) is 3.31. The van der Waals surface area contributed by atoms with Gasteiger partial charge in [-0.2, -0.15) is 0 Å². The van der Waals surface area contributed by atoms with Crippen LogP contribution in [0.2, 0.25) is 0 Å². The minimum atomic E-state index is -0.558. The lowest BCUT2D eigenvalue weighted by Gasteiger charge is -2.41. The van der Waals surface area contributed by atoms with Crippen LogP contribution >= 0.6 is 11.3 Å². The molecule has 4 heterocycles. The van der Waals surface area contributed by atoms with Crippen LogP contribution in [0.4, 0.5) is 4.39 Å². The van der Waals surface area contributed by atoms with Gasteiger partial charge in [-0.15, -0.1) is 11.3 Å². The Morgan fingerprint density at radius 1 is 1.11 bits per heavy atom. The molecule has 9 nitrogen and oxygen atoms in total. The quantitative estimate of drug-likeness (QED) is 0.582. The topological polar surface area (TPSA) is 107 Å². The third kappa shape index (κ3) is 5.07. The SMILES string of the molecule is O=C1NNC(Cc2ccc(F)c(C(=O)N3CCCN(C(=O)c4cscn4)CC3)c2)C2NCCCC12. The zero-order chi connectivity index (χ0) is 24.4. The van der Waals surface area contributed by atoms with E-state index in [1.54, 1.807) is 32.8 Å². The summed E-state index contributed by atoms with van der Waals surface area (Å²) in [7, 11) is 0. The van der Waals surface area contributed by atoms with Crippen molar-refractivity contribution in [3.05, 3.63) is 51.7 Å². The standard InChI is InChI=1S/C24H29FN6O3S/c25-18-5-4-15(12-19-21-16(3-1-6-26-21)22(32)29-28-19)11-17(18)23(33)30-7-2-8-31(10-9-30)24(34)20-13-35-14-27-20/h4-5,11,13-14,16,19,21,26,28H,1-3,6-10,12H2,(H,29,32). The van der Waals surface area contributed by atoms with E-state index >= 15 is 0 Å². The van der Waals surface area contributed by atoms with E-state index in [9.17, 15) is 18.8 Å². The van der Waals surface area contributed by atoms with Crippen molar-refractivity contribution in [2.24, 2.45) is 5.92 Å². The Labute approximate surface area is 207 Å². The number of amides is 3. The van der Waals surface area contributed by atoms with Crippen LogP contribution in [0.25, 0.3) is 0 Å². The van der Waals surface area contributed by atoms with E-state index in [0.717, 1.165) is 24.9 Å². The van der Waals surface area contributed by atoms with Gasteiger partial charge in [0, 0.05) is 43.6 Å². The Morgan fingerprint density at radius 3 is 2.69 bits per heavy atom. The summed E-state index contributed by atoms with van der Waals surface area (Å²) in [6.07, 6.45) is 2.96. The smallest absolute Gasteiger partial charge is 0.273 e. The van der Waals surface area contributed by atoms with Crippen LogP contribution in [0, 0.1) is 11.7 Å². The summed E-state index contributed by atoms with van der Waals surface area (Å²) < 4.78 is 14.8. The molecule has 3 saturated heterocycles. The second-order valence-corrected chi connectivity index (χ2v) is 10.0. The molecule has 3 N–H and O–H groups in total. The van der Waals surface area contributed by atoms with Crippen LogP contribution in [0.3, 0.4) is 0 Å². The number of halogens is 1. The first-order valence-corrected chi connectivity index (χ1v) is 13.0. The molecule has 0 aliphatic carbocycles. The molecule has 5 rings (SSSR count). The van der Waals surface area contributed by atoms with Crippen molar-refractivity contribution in [1.29, 1.82) is 0 Å². The van der Waals surface area contributed by atoms with Gasteiger partial charge >= 0.3 is 0 Å². The molecule has 0 bridgehead atoms. The predicted molar refractivity (Wildman–Crippen MR) is 128 cm³/mol. The number of fused-ring (bicyclic) bond motifs is 1. The number of nitrogens with zero attached hydrogens (tertiary/aromatic N) is 3. The molecule has 35 heavy (non-hydrogen) atoms. The highest BCUT2D eigenvalue weighted by Gasteiger charge is 2.40. The second kappa shape index (κ2) is 10.4. The van der Waals surface area contributed by atoms with Gasteiger partial charge in [0.1, 0.15) is 11.5 Å². The number of hydrogen-bond acceptors (Lipinski definition) is 7. The maximum atomic E-state index is 14.8. The maximum Gasteiger partial charge on any atom is 0.273 e. The molecule has 0 saturated carbocycles. The lowest BCUT2D eigenvalue weighted by molar-refractivity contribution is -0.131. The first-order valence-electron chi connectivity index (χ1n) is 12.0. The zero-order valence-electron chi connectivity index (χ0n) is 19.3. The summed E-state index contributed by atoms with van der Waals surface area (Å²) in [6, 6.07) is 4.59. The van der Waals surface area contributed by atoms with E-state index in [-0.39, 0.29) is 41.3 Å². The molecule has 1 aromatic carbocycles. The molecule has 0 radical (unpaired) electrons. The third-order valence-corrected chi connectivity index (χ3v) is 7.68. The van der Waals surface area contributed by atoms with Crippen LogP contribution in [0.15, 0.2) is 29.1 Å². The molecule has 0 spiro atoms. The van der Waals surface area contributed by atoms with Gasteiger partial charge in [0.25, 0.3) is 11.8 Å². The van der Waals surface area contributed by atoms with Crippen molar-refractivity contribution < 1.29 is 18.8 Å². The highest BCUT2D eigenvalue weighted by molar-refractivity contribution is 7.07. The summed E-state index contributed by atoms with van der Waals surface area (Å²) in [4.78, 5) is 45.5. The van der Waals surface area contributed by atoms with Crippen LogP contribution in [-0.2, 0) is 11.2 Å². The van der Waals surface area contributed by atoms with E-state index in [0.29, 0.717) is 44.7 Å². The Bertz CT molecular complexity index is 1100. The highest BCUT2D eigenvalue weighted by Crippen LogP contribution is 2.24. The van der Waals surface area contributed by atoms with E-state index in [1.807, 2.05) is 0 Å². The Morgan fingerprint density at radius 2 is 1.91 bits per heavy atom. The van der Waals surface area contributed by atoms with Gasteiger partial charge in [0.05, 0.1) is 17.0 Å². The number of hydrazine groups is 1. The molecule has 3 atom stereocenters. The molecule has 1 aromatic heterocycles. The number of benzene rings is 1. The van der Waals surface area contributed by atoms with Gasteiger partial charge in [0.15, 0.2) is 0 Å². The van der Waals surface area contributed by atoms with Gasteiger partial charge < -0.3 is 15.1 Å². The lowest BCUT2D eigenvalue weighted by atomic mass is 9.82. The van der Waals surface area contributed by atoms with E-state index in [4.69, 9.17) is 0 Å². The van der Waals surface area contributed by atoms with Crippen molar-refractivity contribution in [3.63, 3.8) is 0 Å². The molecule has 3 fully saturated rings. The summed E-state index contributed by atoms with van der Waals surface area (Å²) in [5, 5.41) is 5.16. The number of piperidine rings is 1. The fourth-order valence-electron chi connectivity index (χ4n) is 5.25. The largest absolute Gasteiger partial charge is 0.337 e. The number of rotatable bonds is 4. The Hall–Kier alpha value is -2.89. The number of nitrogens with one attached hydrogen (secondary N) is 3. The molecule has 3 amide bonds. The van der Waals surface area contributed by atoms with Crippen LogP contribution in [0.5, 0.6) is 0 Å². The summed E-state index contributed by atoms with van der Waals surface area (Å²) in [6.45, 7) is 2.55. The molecule has 186 valence electrons. The molecule has 3 aliphatic rings. The highest BCUT2D eigenvalue weighted by atomic mass is 32.1. The first-order chi connectivity index (χ1) is 17.0. The van der Waals surface area contributed by atoms with Crippen LogP contribution in [0.1, 0.15) is 45.7 Å². The van der Waals surface area contributed by atoms with Crippen molar-refractivity contribution in [2.75, 3.05) is 32.7 Å². The second-order valence-electron chi connectivity index (χ2n) is 9.30. The summed E-state index contributed by atoms with van der Waals surface area (Å²) in [5.41, 5.74) is 8.75. The monoisotopic (exact) mass is 500 g/mol. The third-order valence-electron chi connectivity index (χ3n) is 7.10. The van der Waals surface area contributed by atoms with Gasteiger partial charge in [-0.25, -0.2) is 14.8 Å². The van der Waals surface area contributed by atoms with Crippen molar-refractivity contribution in [2.45, 2.75) is 37.8 Å². The summed E-state index contributed by atoms with van der Waals surface area (Å²) >= 11 is 1.37. The fourth-order valence-corrected chi connectivity index (χ4v) is 5.77. The number of hydrogen-bond donors (Lipinski definition) is 3. The molecular formula is C24H29FN6O3S.